The van der Waals surface area contributed by atoms with Crippen LogP contribution in [0, 0.1) is 6.92 Å². The van der Waals surface area contributed by atoms with E-state index >= 15 is 0 Å². The second-order valence-corrected chi connectivity index (χ2v) is 8.01. The lowest BCUT2D eigenvalue weighted by atomic mass is 10.1. The highest BCUT2D eigenvalue weighted by Gasteiger charge is 2.26. The summed E-state index contributed by atoms with van der Waals surface area (Å²) in [5.41, 5.74) is 1.99. The van der Waals surface area contributed by atoms with E-state index in [-0.39, 0.29) is 24.5 Å². The second-order valence-electron chi connectivity index (χ2n) is 7.10. The molecule has 0 heterocycles. The normalized spacial score (nSPS) is 11.8. The molecule has 2 aromatic rings. The molecule has 0 radical (unpaired) electrons. The second kappa shape index (κ2) is 10.3. The summed E-state index contributed by atoms with van der Waals surface area (Å²) in [4.78, 5) is 27.0. The molecule has 0 spiro atoms. The van der Waals surface area contributed by atoms with Crippen molar-refractivity contribution in [2.75, 3.05) is 6.61 Å². The third kappa shape index (κ3) is 6.68. The van der Waals surface area contributed by atoms with Crippen LogP contribution < -0.4 is 10.1 Å². The minimum atomic E-state index is -0.616. The average Bonchev–Trinajstić information content (AvgIpc) is 2.63. The van der Waals surface area contributed by atoms with E-state index in [0.29, 0.717) is 12.3 Å². The third-order valence-corrected chi connectivity index (χ3v) is 4.69. The van der Waals surface area contributed by atoms with Gasteiger partial charge in [0.15, 0.2) is 6.61 Å². The van der Waals surface area contributed by atoms with Crippen LogP contribution in [0.15, 0.2) is 53.0 Å². The number of hydrogen-bond acceptors (Lipinski definition) is 3. The van der Waals surface area contributed by atoms with E-state index in [4.69, 9.17) is 4.74 Å². The van der Waals surface area contributed by atoms with Gasteiger partial charge >= 0.3 is 0 Å². The number of nitrogens with zero attached hydrogens (tertiary/aromatic N) is 1. The van der Waals surface area contributed by atoms with Crippen molar-refractivity contribution in [3.05, 3.63) is 64.1 Å². The average molecular weight is 447 g/mol. The molecule has 1 N–H and O–H groups in total. The summed E-state index contributed by atoms with van der Waals surface area (Å²) in [5, 5.41) is 2.87. The van der Waals surface area contributed by atoms with Crippen LogP contribution in [0.2, 0.25) is 0 Å². The smallest absolute Gasteiger partial charge is 0.261 e. The van der Waals surface area contributed by atoms with Crippen molar-refractivity contribution < 1.29 is 14.3 Å². The van der Waals surface area contributed by atoms with Crippen LogP contribution in [0.5, 0.6) is 5.75 Å². The summed E-state index contributed by atoms with van der Waals surface area (Å²) >= 11 is 3.45. The van der Waals surface area contributed by atoms with Crippen molar-refractivity contribution >= 4 is 27.7 Å². The molecule has 2 aromatic carbocycles. The lowest BCUT2D eigenvalue weighted by molar-refractivity contribution is -0.142. The van der Waals surface area contributed by atoms with E-state index in [1.165, 1.54) is 0 Å². The van der Waals surface area contributed by atoms with Crippen molar-refractivity contribution in [2.24, 2.45) is 0 Å². The summed E-state index contributed by atoms with van der Waals surface area (Å²) in [6.45, 7) is 7.68. The van der Waals surface area contributed by atoms with Gasteiger partial charge in [-0.2, -0.15) is 0 Å². The maximum absolute atomic E-state index is 12.9. The monoisotopic (exact) mass is 446 g/mol. The Labute approximate surface area is 175 Å². The van der Waals surface area contributed by atoms with E-state index in [1.807, 2.05) is 69.3 Å². The zero-order chi connectivity index (χ0) is 20.7. The third-order valence-electron chi connectivity index (χ3n) is 4.19. The molecule has 1 atom stereocenters. The highest BCUT2D eigenvalue weighted by Crippen LogP contribution is 2.17. The first-order valence-electron chi connectivity index (χ1n) is 9.30. The van der Waals surface area contributed by atoms with Gasteiger partial charge in [-0.3, -0.25) is 9.59 Å². The van der Waals surface area contributed by atoms with Crippen molar-refractivity contribution in [3.63, 3.8) is 0 Å². The van der Waals surface area contributed by atoms with E-state index < -0.39 is 6.04 Å². The Hall–Kier alpha value is -2.34. The lowest BCUT2D eigenvalue weighted by Crippen LogP contribution is -2.50. The first kappa shape index (κ1) is 22.0. The number of halogens is 1. The van der Waals surface area contributed by atoms with Crippen molar-refractivity contribution in [3.8, 4) is 5.75 Å². The highest BCUT2D eigenvalue weighted by atomic mass is 79.9. The number of hydrogen-bond donors (Lipinski definition) is 1. The standard InChI is InChI=1S/C22H27BrN2O3/c1-15(2)24-22(27)17(4)25(13-18-8-6-9-19(23)12-18)21(26)14-28-20-10-5-7-16(3)11-20/h5-12,15,17H,13-14H2,1-4H3,(H,24,27). The van der Waals surface area contributed by atoms with Crippen LogP contribution in [-0.2, 0) is 16.1 Å². The minimum Gasteiger partial charge on any atom is -0.484 e. The van der Waals surface area contributed by atoms with Gasteiger partial charge in [0, 0.05) is 17.1 Å². The molecule has 0 aliphatic carbocycles. The maximum atomic E-state index is 12.9. The zero-order valence-electron chi connectivity index (χ0n) is 16.7. The van der Waals surface area contributed by atoms with Crippen molar-refractivity contribution in [2.45, 2.75) is 46.3 Å². The van der Waals surface area contributed by atoms with Crippen LogP contribution in [0.1, 0.15) is 31.9 Å². The Morgan fingerprint density at radius 1 is 1.11 bits per heavy atom. The quantitative estimate of drug-likeness (QED) is 0.664. The van der Waals surface area contributed by atoms with Crippen LogP contribution in [-0.4, -0.2) is 35.4 Å². The number of nitrogens with one attached hydrogen (secondary N) is 1. The Morgan fingerprint density at radius 2 is 1.82 bits per heavy atom. The predicted molar refractivity (Wildman–Crippen MR) is 114 cm³/mol. The highest BCUT2D eigenvalue weighted by molar-refractivity contribution is 9.10. The molecule has 0 aromatic heterocycles. The number of aryl methyl sites for hydroxylation is 1. The number of rotatable bonds is 8. The number of ether oxygens (including phenoxy) is 1. The van der Waals surface area contributed by atoms with Gasteiger partial charge < -0.3 is 15.0 Å². The molecule has 2 rings (SSSR count). The van der Waals surface area contributed by atoms with E-state index in [1.54, 1.807) is 11.8 Å². The van der Waals surface area contributed by atoms with Gasteiger partial charge in [-0.1, -0.05) is 40.2 Å². The van der Waals surface area contributed by atoms with Crippen LogP contribution in [0.4, 0.5) is 0 Å². The molecule has 5 nitrogen and oxygen atoms in total. The van der Waals surface area contributed by atoms with Crippen LogP contribution in [0.25, 0.3) is 0 Å². The van der Waals surface area contributed by atoms with Gasteiger partial charge in [0.2, 0.25) is 5.91 Å². The van der Waals surface area contributed by atoms with Crippen molar-refractivity contribution in [1.82, 2.24) is 10.2 Å². The van der Waals surface area contributed by atoms with Crippen LogP contribution >= 0.6 is 15.9 Å². The molecule has 1 unspecified atom stereocenters. The first-order chi connectivity index (χ1) is 13.3. The summed E-state index contributed by atoms with van der Waals surface area (Å²) < 4.78 is 6.59. The summed E-state index contributed by atoms with van der Waals surface area (Å²) in [6, 6.07) is 14.6. The SMILES string of the molecule is Cc1cccc(OCC(=O)N(Cc2cccc(Br)c2)C(C)C(=O)NC(C)C)c1. The Bertz CT molecular complexity index is 823. The zero-order valence-corrected chi connectivity index (χ0v) is 18.3. The molecule has 6 heteroatoms. The summed E-state index contributed by atoms with van der Waals surface area (Å²) in [5.74, 6) is 0.205. The molecular weight excluding hydrogens is 420 g/mol. The number of amides is 2. The molecule has 0 saturated carbocycles. The Kier molecular flexibility index (Phi) is 8.05. The largest absolute Gasteiger partial charge is 0.484 e. The Balaban J connectivity index is 2.15. The minimum absolute atomic E-state index is 0.00122. The van der Waals surface area contributed by atoms with Gasteiger partial charge in [0.1, 0.15) is 11.8 Å². The van der Waals surface area contributed by atoms with Crippen LogP contribution in [0.3, 0.4) is 0 Å². The summed E-state index contributed by atoms with van der Waals surface area (Å²) in [6.07, 6.45) is 0. The van der Waals surface area contributed by atoms with Crippen molar-refractivity contribution in [1.29, 1.82) is 0 Å². The molecule has 28 heavy (non-hydrogen) atoms. The number of carbonyl (C=O) groups is 2. The molecular formula is C22H27BrN2O3. The van der Waals surface area contributed by atoms with Gasteiger partial charge in [0.05, 0.1) is 0 Å². The molecule has 0 bridgehead atoms. The lowest BCUT2D eigenvalue weighted by Gasteiger charge is -2.29. The predicted octanol–water partition coefficient (Wildman–Crippen LogP) is 4.08. The molecule has 0 fully saturated rings. The Morgan fingerprint density at radius 3 is 2.46 bits per heavy atom. The molecule has 2 amide bonds. The fourth-order valence-corrected chi connectivity index (χ4v) is 3.20. The molecule has 0 aliphatic heterocycles. The van der Waals surface area contributed by atoms with Gasteiger partial charge in [-0.05, 0) is 63.1 Å². The fraction of sp³-hybridized carbons (Fsp3) is 0.364. The van der Waals surface area contributed by atoms with E-state index in [9.17, 15) is 9.59 Å². The molecule has 150 valence electrons. The number of benzene rings is 2. The fourth-order valence-electron chi connectivity index (χ4n) is 2.75. The molecule has 0 aliphatic rings. The topological polar surface area (TPSA) is 58.6 Å². The molecule has 0 saturated heterocycles. The maximum Gasteiger partial charge on any atom is 0.261 e. The van der Waals surface area contributed by atoms with Gasteiger partial charge in [-0.25, -0.2) is 0 Å². The van der Waals surface area contributed by atoms with E-state index in [0.717, 1.165) is 15.6 Å². The first-order valence-corrected chi connectivity index (χ1v) is 10.1. The van der Waals surface area contributed by atoms with Gasteiger partial charge in [-0.15, -0.1) is 0 Å². The summed E-state index contributed by atoms with van der Waals surface area (Å²) in [7, 11) is 0. The van der Waals surface area contributed by atoms with Gasteiger partial charge in [0.25, 0.3) is 5.91 Å². The number of carbonyl (C=O) groups excluding carboxylic acids is 2. The van der Waals surface area contributed by atoms with E-state index in [2.05, 4.69) is 21.2 Å².